The van der Waals surface area contributed by atoms with E-state index in [1.807, 2.05) is 17.7 Å². The average Bonchev–Trinajstić information content (AvgIpc) is 2.89. The Kier molecular flexibility index (Phi) is 5.21. The minimum atomic E-state index is 0.116. The number of rotatable bonds is 6. The first kappa shape index (κ1) is 15.5. The highest BCUT2D eigenvalue weighted by atomic mass is 35.5. The monoisotopic (exact) mass is 313 g/mol. The van der Waals surface area contributed by atoms with E-state index < -0.39 is 0 Å². The van der Waals surface area contributed by atoms with Crippen molar-refractivity contribution in [2.24, 2.45) is 0 Å². The van der Waals surface area contributed by atoms with Gasteiger partial charge in [-0.25, -0.2) is 0 Å². The first-order chi connectivity index (χ1) is 9.51. The second-order valence-electron chi connectivity index (χ2n) is 4.97. The lowest BCUT2D eigenvalue weighted by atomic mass is 10.2. The molecule has 0 radical (unpaired) electrons. The van der Waals surface area contributed by atoms with Crippen LogP contribution in [0.15, 0.2) is 12.1 Å². The fourth-order valence-electron chi connectivity index (χ4n) is 2.30. The minimum Gasteiger partial charge on any atom is -0.394 e. The van der Waals surface area contributed by atoms with E-state index in [2.05, 4.69) is 30.0 Å². The van der Waals surface area contributed by atoms with Gasteiger partial charge in [-0.3, -0.25) is 9.58 Å². The lowest BCUT2D eigenvalue weighted by Crippen LogP contribution is -2.17. The standard InChI is InChI=1S/C14H20ClN3OS/c1-10-13(11(2)18(16-10)6-7-19)9-17(3)8-12-4-5-14(15)20-12/h4-5,19H,6-9H2,1-3H3. The summed E-state index contributed by atoms with van der Waals surface area (Å²) in [4.78, 5) is 3.51. The van der Waals surface area contributed by atoms with Gasteiger partial charge in [-0.05, 0) is 33.0 Å². The molecule has 2 aromatic heterocycles. The molecule has 2 heterocycles. The number of aromatic nitrogens is 2. The zero-order chi connectivity index (χ0) is 14.7. The summed E-state index contributed by atoms with van der Waals surface area (Å²) in [5, 5.41) is 13.5. The summed E-state index contributed by atoms with van der Waals surface area (Å²) in [5.41, 5.74) is 3.41. The lowest BCUT2D eigenvalue weighted by molar-refractivity contribution is 0.267. The van der Waals surface area contributed by atoms with Gasteiger partial charge in [0.1, 0.15) is 0 Å². The van der Waals surface area contributed by atoms with Crippen molar-refractivity contribution >= 4 is 22.9 Å². The molecule has 0 saturated heterocycles. The van der Waals surface area contributed by atoms with Crippen molar-refractivity contribution in [3.05, 3.63) is 38.3 Å². The maximum Gasteiger partial charge on any atom is 0.0931 e. The van der Waals surface area contributed by atoms with Crippen molar-refractivity contribution in [2.75, 3.05) is 13.7 Å². The van der Waals surface area contributed by atoms with Crippen molar-refractivity contribution in [2.45, 2.75) is 33.5 Å². The van der Waals surface area contributed by atoms with E-state index in [1.165, 1.54) is 10.4 Å². The Morgan fingerprint density at radius 3 is 2.70 bits per heavy atom. The molecular formula is C14H20ClN3OS. The van der Waals surface area contributed by atoms with E-state index in [0.29, 0.717) is 6.54 Å². The molecule has 2 rings (SSSR count). The third-order valence-corrected chi connectivity index (χ3v) is 4.54. The van der Waals surface area contributed by atoms with Gasteiger partial charge in [0.25, 0.3) is 0 Å². The Morgan fingerprint density at radius 2 is 2.10 bits per heavy atom. The smallest absolute Gasteiger partial charge is 0.0931 e. The predicted molar refractivity (Wildman–Crippen MR) is 83.3 cm³/mol. The molecular weight excluding hydrogens is 294 g/mol. The van der Waals surface area contributed by atoms with Crippen LogP contribution >= 0.6 is 22.9 Å². The Hall–Kier alpha value is -0.880. The van der Waals surface area contributed by atoms with Crippen LogP contribution in [-0.4, -0.2) is 33.4 Å². The number of hydrogen-bond acceptors (Lipinski definition) is 4. The predicted octanol–water partition coefficient (Wildman–Crippen LogP) is 2.84. The topological polar surface area (TPSA) is 41.3 Å². The van der Waals surface area contributed by atoms with Crippen molar-refractivity contribution in [3.63, 3.8) is 0 Å². The Balaban J connectivity index is 2.05. The highest BCUT2D eigenvalue weighted by molar-refractivity contribution is 7.16. The third-order valence-electron chi connectivity index (χ3n) is 3.33. The number of aryl methyl sites for hydroxylation is 1. The van der Waals surface area contributed by atoms with Gasteiger partial charge in [-0.1, -0.05) is 11.6 Å². The largest absolute Gasteiger partial charge is 0.394 e. The maximum atomic E-state index is 9.04. The van der Waals surface area contributed by atoms with Gasteiger partial charge in [0.05, 0.1) is 23.2 Å². The molecule has 2 aromatic rings. The highest BCUT2D eigenvalue weighted by Crippen LogP contribution is 2.23. The summed E-state index contributed by atoms with van der Waals surface area (Å²) in [6, 6.07) is 4.00. The number of aliphatic hydroxyl groups is 1. The summed E-state index contributed by atoms with van der Waals surface area (Å²) in [7, 11) is 2.09. The number of aliphatic hydroxyl groups excluding tert-OH is 1. The Labute approximate surface area is 128 Å². The van der Waals surface area contributed by atoms with Crippen LogP contribution in [0, 0.1) is 13.8 Å². The third kappa shape index (κ3) is 3.61. The molecule has 0 bridgehead atoms. The number of hydrogen-bond donors (Lipinski definition) is 1. The van der Waals surface area contributed by atoms with Crippen LogP contribution in [0.2, 0.25) is 4.34 Å². The normalized spacial score (nSPS) is 11.5. The second kappa shape index (κ2) is 6.72. The summed E-state index contributed by atoms with van der Waals surface area (Å²) < 4.78 is 2.71. The van der Waals surface area contributed by atoms with E-state index in [0.717, 1.165) is 28.8 Å². The van der Waals surface area contributed by atoms with Crippen LogP contribution < -0.4 is 0 Å². The first-order valence-corrected chi connectivity index (χ1v) is 7.77. The van der Waals surface area contributed by atoms with Gasteiger partial charge in [-0.2, -0.15) is 5.10 Å². The van der Waals surface area contributed by atoms with Crippen LogP contribution in [0.1, 0.15) is 21.8 Å². The summed E-state index contributed by atoms with van der Waals surface area (Å²) in [6.07, 6.45) is 0. The van der Waals surface area contributed by atoms with E-state index in [9.17, 15) is 0 Å². The molecule has 0 aliphatic carbocycles. The molecule has 0 spiro atoms. The van der Waals surface area contributed by atoms with Gasteiger partial charge in [0.2, 0.25) is 0 Å². The summed E-state index contributed by atoms with van der Waals surface area (Å²) in [5.74, 6) is 0. The molecule has 4 nitrogen and oxygen atoms in total. The molecule has 20 heavy (non-hydrogen) atoms. The zero-order valence-corrected chi connectivity index (χ0v) is 13.6. The fraction of sp³-hybridized carbons (Fsp3) is 0.500. The molecule has 0 unspecified atom stereocenters. The van der Waals surface area contributed by atoms with E-state index in [4.69, 9.17) is 16.7 Å². The van der Waals surface area contributed by atoms with Crippen molar-refractivity contribution in [1.82, 2.24) is 14.7 Å². The number of nitrogens with zero attached hydrogens (tertiary/aromatic N) is 3. The van der Waals surface area contributed by atoms with Crippen LogP contribution in [-0.2, 0) is 19.6 Å². The van der Waals surface area contributed by atoms with Gasteiger partial charge >= 0.3 is 0 Å². The SMILES string of the molecule is Cc1nn(CCO)c(C)c1CN(C)Cc1ccc(Cl)s1. The molecule has 0 amide bonds. The summed E-state index contributed by atoms with van der Waals surface area (Å²) >= 11 is 7.57. The van der Waals surface area contributed by atoms with E-state index >= 15 is 0 Å². The van der Waals surface area contributed by atoms with E-state index in [1.54, 1.807) is 11.3 Å². The molecule has 0 atom stereocenters. The van der Waals surface area contributed by atoms with Gasteiger partial charge in [-0.15, -0.1) is 11.3 Å². The number of thiophene rings is 1. The summed E-state index contributed by atoms with van der Waals surface area (Å²) in [6.45, 7) is 6.47. The van der Waals surface area contributed by atoms with Gasteiger partial charge in [0.15, 0.2) is 0 Å². The van der Waals surface area contributed by atoms with Gasteiger partial charge in [0, 0.05) is 29.2 Å². The van der Waals surface area contributed by atoms with Crippen LogP contribution in [0.25, 0.3) is 0 Å². The van der Waals surface area contributed by atoms with Crippen LogP contribution in [0.3, 0.4) is 0 Å². The molecule has 0 aliphatic heterocycles. The number of halogens is 1. The zero-order valence-electron chi connectivity index (χ0n) is 12.1. The Bertz CT molecular complexity index is 579. The molecule has 6 heteroatoms. The molecule has 0 aliphatic rings. The van der Waals surface area contributed by atoms with E-state index in [-0.39, 0.29) is 6.61 Å². The Morgan fingerprint density at radius 1 is 1.35 bits per heavy atom. The van der Waals surface area contributed by atoms with Crippen molar-refractivity contribution in [3.8, 4) is 0 Å². The van der Waals surface area contributed by atoms with Crippen molar-refractivity contribution in [1.29, 1.82) is 0 Å². The average molecular weight is 314 g/mol. The molecule has 0 fully saturated rings. The highest BCUT2D eigenvalue weighted by Gasteiger charge is 2.13. The molecule has 110 valence electrons. The quantitative estimate of drug-likeness (QED) is 0.891. The molecule has 1 N–H and O–H groups in total. The maximum absolute atomic E-state index is 9.04. The van der Waals surface area contributed by atoms with Crippen LogP contribution in [0.5, 0.6) is 0 Å². The minimum absolute atomic E-state index is 0.116. The van der Waals surface area contributed by atoms with Gasteiger partial charge < -0.3 is 5.11 Å². The lowest BCUT2D eigenvalue weighted by Gasteiger charge is -2.16. The molecule has 0 aromatic carbocycles. The first-order valence-electron chi connectivity index (χ1n) is 6.57. The fourth-order valence-corrected chi connectivity index (χ4v) is 3.47. The second-order valence-corrected chi connectivity index (χ2v) is 6.77. The van der Waals surface area contributed by atoms with Crippen molar-refractivity contribution < 1.29 is 5.11 Å². The molecule has 0 saturated carbocycles. The van der Waals surface area contributed by atoms with Crippen LogP contribution in [0.4, 0.5) is 0 Å².